The monoisotopic (exact) mass is 350 g/mol. The van der Waals surface area contributed by atoms with E-state index in [1.807, 2.05) is 43.3 Å². The fraction of sp³-hybridized carbons (Fsp3) is 0.111. The van der Waals surface area contributed by atoms with Gasteiger partial charge in [0.25, 0.3) is 5.56 Å². The number of aryl methyl sites for hydroxylation is 1. The number of nitrogens with one attached hydrogen (secondary N) is 1. The van der Waals surface area contributed by atoms with Crippen molar-refractivity contribution in [2.45, 2.75) is 13.5 Å². The summed E-state index contributed by atoms with van der Waals surface area (Å²) < 4.78 is 1.84. The first kappa shape index (κ1) is 15.5. The van der Waals surface area contributed by atoms with Crippen LogP contribution in [0.1, 0.15) is 5.56 Å². The minimum Gasteiger partial charge on any atom is -0.325 e. The van der Waals surface area contributed by atoms with Crippen LogP contribution in [0.4, 0.5) is 5.69 Å². The predicted octanol–water partition coefficient (Wildman–Crippen LogP) is 2.95. The molecule has 1 amide bonds. The number of anilines is 1. The molecule has 0 spiro atoms. The van der Waals surface area contributed by atoms with Crippen molar-refractivity contribution in [3.8, 4) is 0 Å². The molecule has 4 aromatic rings. The lowest BCUT2D eigenvalue weighted by Gasteiger charge is -2.07. The van der Waals surface area contributed by atoms with Gasteiger partial charge < -0.3 is 5.32 Å². The molecule has 0 radical (unpaired) electrons. The molecule has 124 valence electrons. The number of carbonyl (C=O) groups excluding carboxylic acids is 1. The summed E-state index contributed by atoms with van der Waals surface area (Å²) in [7, 11) is 0. The van der Waals surface area contributed by atoms with Crippen LogP contribution >= 0.6 is 11.3 Å². The summed E-state index contributed by atoms with van der Waals surface area (Å²) in [6.45, 7) is 1.87. The molecule has 0 aliphatic heterocycles. The van der Waals surface area contributed by atoms with Crippen LogP contribution in [0.5, 0.6) is 0 Å². The number of pyridine rings is 1. The van der Waals surface area contributed by atoms with Gasteiger partial charge >= 0.3 is 0 Å². The second-order valence-electron chi connectivity index (χ2n) is 5.73. The van der Waals surface area contributed by atoms with E-state index in [9.17, 15) is 9.59 Å². The van der Waals surface area contributed by atoms with Crippen LogP contribution in [0.3, 0.4) is 0 Å². The number of nitrogens with zero attached hydrogens (tertiary/aromatic N) is 3. The van der Waals surface area contributed by atoms with Crippen LogP contribution in [-0.4, -0.2) is 20.4 Å². The lowest BCUT2D eigenvalue weighted by molar-refractivity contribution is -0.116. The van der Waals surface area contributed by atoms with Gasteiger partial charge in [0.1, 0.15) is 16.1 Å². The smallest absolute Gasteiger partial charge is 0.271 e. The van der Waals surface area contributed by atoms with Crippen LogP contribution < -0.4 is 10.9 Å². The van der Waals surface area contributed by atoms with Crippen LogP contribution in [0.2, 0.25) is 0 Å². The lowest BCUT2D eigenvalue weighted by Crippen LogP contribution is -2.27. The molecule has 0 aliphatic rings. The Kier molecular flexibility index (Phi) is 3.77. The third kappa shape index (κ3) is 2.89. The number of hydrogen-bond donors (Lipinski definition) is 1. The third-order valence-corrected chi connectivity index (χ3v) is 4.93. The summed E-state index contributed by atoms with van der Waals surface area (Å²) in [5.74, 6) is -0.270. The topological polar surface area (TPSA) is 76.9 Å². The first-order valence-corrected chi connectivity index (χ1v) is 8.52. The molecule has 7 heteroatoms. The van der Waals surface area contributed by atoms with Gasteiger partial charge in [-0.05, 0) is 36.8 Å². The molecule has 1 aromatic carbocycles. The number of hydrogen-bond acceptors (Lipinski definition) is 5. The van der Waals surface area contributed by atoms with E-state index in [1.165, 1.54) is 22.2 Å². The summed E-state index contributed by atoms with van der Waals surface area (Å²) in [5, 5.41) is 3.66. The van der Waals surface area contributed by atoms with Crippen LogP contribution in [0.15, 0.2) is 53.7 Å². The minimum atomic E-state index is -0.270. The molecule has 3 heterocycles. The molecule has 0 aliphatic carbocycles. The van der Waals surface area contributed by atoms with Gasteiger partial charge in [0.15, 0.2) is 0 Å². The SMILES string of the molecule is Cc1cccc(NC(=O)Cn2cnc3c(sc4ncccc43)c2=O)c1. The molecular formula is C18H14N4O2S. The number of rotatable bonds is 3. The van der Waals surface area contributed by atoms with E-state index in [0.29, 0.717) is 15.9 Å². The number of carbonyl (C=O) groups is 1. The molecule has 25 heavy (non-hydrogen) atoms. The molecule has 0 bridgehead atoms. The van der Waals surface area contributed by atoms with Crippen LogP contribution in [0.25, 0.3) is 20.4 Å². The molecular weight excluding hydrogens is 336 g/mol. The number of fused-ring (bicyclic) bond motifs is 3. The number of thiophene rings is 1. The van der Waals surface area contributed by atoms with Crippen molar-refractivity contribution in [2.24, 2.45) is 0 Å². The molecule has 0 unspecified atom stereocenters. The van der Waals surface area contributed by atoms with Crippen LogP contribution in [0, 0.1) is 6.92 Å². The van der Waals surface area contributed by atoms with Crippen LogP contribution in [-0.2, 0) is 11.3 Å². The Labute approximate surface area is 146 Å². The molecule has 0 saturated heterocycles. The quantitative estimate of drug-likeness (QED) is 0.616. The normalized spacial score (nSPS) is 11.1. The molecule has 0 atom stereocenters. The van der Waals surface area contributed by atoms with E-state index < -0.39 is 0 Å². The Morgan fingerprint density at radius 3 is 2.96 bits per heavy atom. The zero-order chi connectivity index (χ0) is 17.4. The van der Waals surface area contributed by atoms with E-state index in [1.54, 1.807) is 6.20 Å². The summed E-state index contributed by atoms with van der Waals surface area (Å²) in [5.41, 5.74) is 2.16. The average Bonchev–Trinajstić information content (AvgIpc) is 2.97. The van der Waals surface area contributed by atoms with Crippen molar-refractivity contribution in [2.75, 3.05) is 5.32 Å². The molecule has 3 aromatic heterocycles. The second-order valence-corrected chi connectivity index (χ2v) is 6.73. The standard InChI is InChI=1S/C18H14N4O2S/c1-11-4-2-5-12(8-11)21-14(23)9-22-10-20-15-13-6-3-7-19-17(13)25-16(15)18(22)24/h2-8,10H,9H2,1H3,(H,21,23). The van der Waals surface area contributed by atoms with Gasteiger partial charge in [-0.1, -0.05) is 12.1 Å². The van der Waals surface area contributed by atoms with Crippen molar-refractivity contribution in [3.63, 3.8) is 0 Å². The van der Waals surface area contributed by atoms with Crippen molar-refractivity contribution in [1.29, 1.82) is 0 Å². The van der Waals surface area contributed by atoms with E-state index in [4.69, 9.17) is 0 Å². The Balaban J connectivity index is 1.65. The van der Waals surface area contributed by atoms with Crippen molar-refractivity contribution in [1.82, 2.24) is 14.5 Å². The molecule has 4 rings (SSSR count). The minimum absolute atomic E-state index is 0.0859. The first-order valence-electron chi connectivity index (χ1n) is 7.71. The molecule has 0 saturated carbocycles. The largest absolute Gasteiger partial charge is 0.325 e. The van der Waals surface area contributed by atoms with Gasteiger partial charge in [-0.15, -0.1) is 11.3 Å². The summed E-state index contributed by atoms with van der Waals surface area (Å²) in [6.07, 6.45) is 3.10. The van der Waals surface area contributed by atoms with E-state index in [2.05, 4.69) is 15.3 Å². The predicted molar refractivity (Wildman–Crippen MR) is 99.0 cm³/mol. The maximum Gasteiger partial charge on any atom is 0.271 e. The van der Waals surface area contributed by atoms with Crippen molar-refractivity contribution >= 4 is 43.4 Å². The highest BCUT2D eigenvalue weighted by atomic mass is 32.1. The second kappa shape index (κ2) is 6.10. The molecule has 0 fully saturated rings. The van der Waals surface area contributed by atoms with Crippen molar-refractivity contribution in [3.05, 3.63) is 64.8 Å². The fourth-order valence-electron chi connectivity index (χ4n) is 2.69. The number of benzene rings is 1. The third-order valence-electron chi connectivity index (χ3n) is 3.84. The van der Waals surface area contributed by atoms with Gasteiger partial charge in [0.05, 0.1) is 11.8 Å². The first-order chi connectivity index (χ1) is 12.1. The molecule has 1 N–H and O–H groups in total. The van der Waals surface area contributed by atoms with Crippen molar-refractivity contribution < 1.29 is 4.79 Å². The van der Waals surface area contributed by atoms with Gasteiger partial charge in [-0.25, -0.2) is 9.97 Å². The van der Waals surface area contributed by atoms with Gasteiger partial charge in [-0.3, -0.25) is 14.2 Å². The van der Waals surface area contributed by atoms with E-state index >= 15 is 0 Å². The highest BCUT2D eigenvalue weighted by Crippen LogP contribution is 2.27. The van der Waals surface area contributed by atoms with E-state index in [-0.39, 0.29) is 18.0 Å². The summed E-state index contributed by atoms with van der Waals surface area (Å²) >= 11 is 1.30. The van der Waals surface area contributed by atoms with Gasteiger partial charge in [0.2, 0.25) is 5.91 Å². The average molecular weight is 350 g/mol. The Morgan fingerprint density at radius 1 is 1.24 bits per heavy atom. The highest BCUT2D eigenvalue weighted by molar-refractivity contribution is 7.25. The molecule has 6 nitrogen and oxygen atoms in total. The fourth-order valence-corrected chi connectivity index (χ4v) is 3.74. The lowest BCUT2D eigenvalue weighted by atomic mass is 10.2. The zero-order valence-corrected chi connectivity index (χ0v) is 14.2. The van der Waals surface area contributed by atoms with E-state index in [0.717, 1.165) is 15.8 Å². The maximum atomic E-state index is 12.7. The summed E-state index contributed by atoms with van der Waals surface area (Å²) in [6, 6.07) is 11.2. The summed E-state index contributed by atoms with van der Waals surface area (Å²) in [4.78, 5) is 34.3. The number of amides is 1. The zero-order valence-electron chi connectivity index (χ0n) is 13.4. The van der Waals surface area contributed by atoms with Gasteiger partial charge in [0, 0.05) is 17.3 Å². The maximum absolute atomic E-state index is 12.7. The Hall–Kier alpha value is -3.06. The van der Waals surface area contributed by atoms with Gasteiger partial charge in [-0.2, -0.15) is 0 Å². The Morgan fingerprint density at radius 2 is 2.12 bits per heavy atom. The highest BCUT2D eigenvalue weighted by Gasteiger charge is 2.13. The number of aromatic nitrogens is 3. The Bertz CT molecular complexity index is 1160.